The van der Waals surface area contributed by atoms with E-state index in [-0.39, 0.29) is 17.9 Å². The maximum Gasteiger partial charge on any atom is 0.301 e. The third kappa shape index (κ3) is 5.01. The van der Waals surface area contributed by atoms with E-state index in [9.17, 15) is 14.7 Å². The summed E-state index contributed by atoms with van der Waals surface area (Å²) in [6.07, 6.45) is 1.62. The first-order valence-corrected chi connectivity index (χ1v) is 13.5. The van der Waals surface area contributed by atoms with Crippen LogP contribution in [0.4, 0.5) is 5.13 Å². The van der Waals surface area contributed by atoms with Gasteiger partial charge in [0.2, 0.25) is 0 Å². The average molecular weight is 561 g/mol. The van der Waals surface area contributed by atoms with Gasteiger partial charge < -0.3 is 14.6 Å². The zero-order chi connectivity index (χ0) is 27.7. The van der Waals surface area contributed by atoms with Crippen molar-refractivity contribution in [1.82, 2.24) is 4.98 Å². The lowest BCUT2D eigenvalue weighted by atomic mass is 9.95. The van der Waals surface area contributed by atoms with E-state index in [0.717, 1.165) is 10.3 Å². The Morgan fingerprint density at radius 1 is 1.10 bits per heavy atom. The van der Waals surface area contributed by atoms with Gasteiger partial charge in [-0.1, -0.05) is 47.7 Å². The van der Waals surface area contributed by atoms with Crippen LogP contribution in [0, 0.1) is 6.92 Å². The summed E-state index contributed by atoms with van der Waals surface area (Å²) < 4.78 is 12.5. The van der Waals surface area contributed by atoms with Gasteiger partial charge in [0.25, 0.3) is 5.78 Å². The van der Waals surface area contributed by atoms with Crippen LogP contribution in [0.3, 0.4) is 0 Å². The van der Waals surface area contributed by atoms with Gasteiger partial charge >= 0.3 is 5.91 Å². The van der Waals surface area contributed by atoms with E-state index in [4.69, 9.17) is 21.1 Å². The number of hydrogen-bond donors (Lipinski definition) is 1. The number of fused-ring (bicyclic) bond motifs is 1. The lowest BCUT2D eigenvalue weighted by Crippen LogP contribution is -2.29. The summed E-state index contributed by atoms with van der Waals surface area (Å²) in [4.78, 5) is 33.1. The van der Waals surface area contributed by atoms with Gasteiger partial charge in [0, 0.05) is 10.6 Å². The van der Waals surface area contributed by atoms with Crippen molar-refractivity contribution in [1.29, 1.82) is 0 Å². The Labute approximate surface area is 234 Å². The molecule has 4 aromatic rings. The van der Waals surface area contributed by atoms with Crippen molar-refractivity contribution in [2.45, 2.75) is 19.9 Å². The minimum Gasteiger partial charge on any atom is -0.507 e. The van der Waals surface area contributed by atoms with Gasteiger partial charge in [0.15, 0.2) is 16.6 Å². The Bertz CT molecular complexity index is 1630. The number of aryl methyl sites for hydroxylation is 1. The minimum absolute atomic E-state index is 0.0556. The molecule has 1 saturated heterocycles. The van der Waals surface area contributed by atoms with Crippen LogP contribution >= 0.6 is 22.9 Å². The molecule has 0 saturated carbocycles. The summed E-state index contributed by atoms with van der Waals surface area (Å²) in [6, 6.07) is 16.4. The minimum atomic E-state index is -0.963. The van der Waals surface area contributed by atoms with Crippen LogP contribution in [0.2, 0.25) is 5.02 Å². The summed E-state index contributed by atoms with van der Waals surface area (Å²) in [5.74, 6) is -0.969. The molecule has 7 nitrogen and oxygen atoms in total. The number of nitrogens with zero attached hydrogens (tertiary/aromatic N) is 2. The van der Waals surface area contributed by atoms with E-state index in [1.807, 2.05) is 32.0 Å². The van der Waals surface area contributed by atoms with Crippen LogP contribution in [-0.2, 0) is 9.59 Å². The van der Waals surface area contributed by atoms with Crippen molar-refractivity contribution in [3.8, 4) is 11.5 Å². The largest absolute Gasteiger partial charge is 0.507 e. The molecule has 0 aliphatic carbocycles. The van der Waals surface area contributed by atoms with E-state index in [1.54, 1.807) is 48.5 Å². The van der Waals surface area contributed by atoms with Crippen LogP contribution in [0.1, 0.15) is 29.7 Å². The van der Waals surface area contributed by atoms with Crippen molar-refractivity contribution < 1.29 is 24.2 Å². The Balaban J connectivity index is 1.72. The second kappa shape index (κ2) is 10.9. The Morgan fingerprint density at radius 3 is 2.59 bits per heavy atom. The summed E-state index contributed by atoms with van der Waals surface area (Å²) in [5.41, 5.74) is 2.62. The third-order valence-electron chi connectivity index (χ3n) is 6.24. The average Bonchev–Trinajstić information content (AvgIpc) is 3.45. The van der Waals surface area contributed by atoms with E-state index in [2.05, 4.69) is 11.6 Å². The molecule has 1 aliphatic rings. The number of hydrogen-bond acceptors (Lipinski definition) is 7. The van der Waals surface area contributed by atoms with Crippen molar-refractivity contribution in [3.63, 3.8) is 0 Å². The number of anilines is 1. The fourth-order valence-electron chi connectivity index (χ4n) is 4.46. The van der Waals surface area contributed by atoms with Crippen molar-refractivity contribution in [3.05, 3.63) is 101 Å². The molecular formula is C30H25ClN2O5S. The molecule has 1 atom stereocenters. The molecule has 1 aliphatic heterocycles. The highest BCUT2D eigenvalue weighted by atomic mass is 35.5. The molecule has 1 unspecified atom stereocenters. The summed E-state index contributed by atoms with van der Waals surface area (Å²) in [6.45, 7) is 8.15. The van der Waals surface area contributed by atoms with E-state index in [1.165, 1.54) is 16.2 Å². The molecule has 3 aromatic carbocycles. The molecule has 2 heterocycles. The SMILES string of the molecule is C=CCOc1ccc(C2/C(=C(\O)c3ccc(Cl)cc3)C(=O)C(=O)N2c2nc3ccc(C)cc3s2)cc1OCC. The molecule has 1 fully saturated rings. The molecule has 198 valence electrons. The molecular weight excluding hydrogens is 536 g/mol. The first-order chi connectivity index (χ1) is 18.8. The zero-order valence-electron chi connectivity index (χ0n) is 21.3. The number of amides is 1. The number of aromatic nitrogens is 1. The first kappa shape index (κ1) is 26.5. The number of Topliss-reactive ketones (excluding diaryl/α,β-unsaturated/α-hetero) is 1. The summed E-state index contributed by atoms with van der Waals surface area (Å²) in [5, 5.41) is 12.2. The number of aliphatic hydroxyl groups excluding tert-OH is 1. The summed E-state index contributed by atoms with van der Waals surface area (Å²) >= 11 is 7.34. The smallest absolute Gasteiger partial charge is 0.301 e. The fourth-order valence-corrected chi connectivity index (χ4v) is 5.68. The molecule has 0 spiro atoms. The third-order valence-corrected chi connectivity index (χ3v) is 7.51. The van der Waals surface area contributed by atoms with Gasteiger partial charge in [-0.05, 0) is 73.5 Å². The highest BCUT2D eigenvalue weighted by Gasteiger charge is 2.48. The number of halogens is 1. The predicted molar refractivity (Wildman–Crippen MR) is 154 cm³/mol. The molecule has 1 N–H and O–H groups in total. The van der Waals surface area contributed by atoms with Crippen molar-refractivity contribution in [2.24, 2.45) is 0 Å². The topological polar surface area (TPSA) is 89.0 Å². The Kier molecular flexibility index (Phi) is 7.41. The quantitative estimate of drug-likeness (QED) is 0.110. The van der Waals surface area contributed by atoms with Gasteiger partial charge in [-0.25, -0.2) is 4.98 Å². The van der Waals surface area contributed by atoms with E-state index < -0.39 is 17.7 Å². The summed E-state index contributed by atoms with van der Waals surface area (Å²) in [7, 11) is 0. The molecule has 1 aromatic heterocycles. The van der Waals surface area contributed by atoms with Crippen LogP contribution in [0.5, 0.6) is 11.5 Å². The Hall–Kier alpha value is -4.14. The lowest BCUT2D eigenvalue weighted by molar-refractivity contribution is -0.132. The Morgan fingerprint density at radius 2 is 1.87 bits per heavy atom. The van der Waals surface area contributed by atoms with Crippen molar-refractivity contribution in [2.75, 3.05) is 18.1 Å². The lowest BCUT2D eigenvalue weighted by Gasteiger charge is -2.24. The standard InChI is InChI=1S/C30H25ClN2O5S/c1-4-14-38-22-13-9-19(16-23(22)37-5-2)26-25(27(34)18-7-10-20(31)11-8-18)28(35)29(36)33(26)30-32-21-12-6-17(3)15-24(21)39-30/h4,6-13,15-16,26,34H,1,5,14H2,2-3H3/b27-25+. The molecule has 0 radical (unpaired) electrons. The molecule has 39 heavy (non-hydrogen) atoms. The number of thiazole rings is 1. The zero-order valence-corrected chi connectivity index (χ0v) is 22.9. The fraction of sp³-hybridized carbons (Fsp3) is 0.167. The number of ketones is 1. The number of rotatable bonds is 8. The molecule has 0 bridgehead atoms. The van der Waals surface area contributed by atoms with Crippen LogP contribution < -0.4 is 14.4 Å². The van der Waals surface area contributed by atoms with E-state index in [0.29, 0.717) is 44.9 Å². The first-order valence-electron chi connectivity index (χ1n) is 12.3. The normalized spacial score (nSPS) is 16.6. The number of benzene rings is 3. The highest BCUT2D eigenvalue weighted by molar-refractivity contribution is 7.22. The molecule has 5 rings (SSSR count). The highest BCUT2D eigenvalue weighted by Crippen LogP contribution is 2.46. The number of carbonyl (C=O) groups excluding carboxylic acids is 2. The van der Waals surface area contributed by atoms with E-state index >= 15 is 0 Å². The second-order valence-electron chi connectivity index (χ2n) is 8.88. The maximum atomic E-state index is 13.6. The predicted octanol–water partition coefficient (Wildman–Crippen LogP) is 6.85. The van der Waals surface area contributed by atoms with Crippen LogP contribution in [0.25, 0.3) is 16.0 Å². The number of carbonyl (C=O) groups is 2. The van der Waals surface area contributed by atoms with Crippen molar-refractivity contribution >= 4 is 55.7 Å². The van der Waals surface area contributed by atoms with Crippen LogP contribution in [0.15, 0.2) is 78.9 Å². The van der Waals surface area contributed by atoms with Crippen LogP contribution in [-0.4, -0.2) is 35.0 Å². The van der Waals surface area contributed by atoms with Gasteiger partial charge in [-0.3, -0.25) is 14.5 Å². The van der Waals surface area contributed by atoms with Gasteiger partial charge in [-0.2, -0.15) is 0 Å². The molecule has 1 amide bonds. The van der Waals surface area contributed by atoms with Gasteiger partial charge in [0.05, 0.1) is 28.4 Å². The monoisotopic (exact) mass is 560 g/mol. The maximum absolute atomic E-state index is 13.6. The van der Waals surface area contributed by atoms with Gasteiger partial charge in [0.1, 0.15) is 12.4 Å². The second-order valence-corrected chi connectivity index (χ2v) is 10.3. The number of ether oxygens (including phenoxy) is 2. The van der Waals surface area contributed by atoms with Gasteiger partial charge in [-0.15, -0.1) is 0 Å². The molecule has 9 heteroatoms. The number of aliphatic hydroxyl groups is 1.